The molecule has 0 saturated carbocycles. The topological polar surface area (TPSA) is 49.5 Å². The van der Waals surface area contributed by atoms with Crippen molar-refractivity contribution in [3.63, 3.8) is 0 Å². The molecular formula is C16H26N2O. The van der Waals surface area contributed by atoms with Crippen molar-refractivity contribution >= 4 is 0 Å². The predicted molar refractivity (Wildman–Crippen MR) is 78.7 cm³/mol. The van der Waals surface area contributed by atoms with Crippen molar-refractivity contribution < 1.29 is 5.11 Å². The van der Waals surface area contributed by atoms with Gasteiger partial charge in [-0.15, -0.1) is 0 Å². The Kier molecular flexibility index (Phi) is 5.37. The van der Waals surface area contributed by atoms with E-state index in [1.807, 2.05) is 24.3 Å². The fourth-order valence-electron chi connectivity index (χ4n) is 2.88. The van der Waals surface area contributed by atoms with Gasteiger partial charge in [0.2, 0.25) is 0 Å². The van der Waals surface area contributed by atoms with Crippen LogP contribution in [0, 0.1) is 5.92 Å². The van der Waals surface area contributed by atoms with E-state index in [4.69, 9.17) is 5.73 Å². The van der Waals surface area contributed by atoms with Crippen LogP contribution >= 0.6 is 0 Å². The number of rotatable bonds is 5. The van der Waals surface area contributed by atoms with Crippen molar-refractivity contribution in [2.45, 2.75) is 38.8 Å². The van der Waals surface area contributed by atoms with Crippen LogP contribution < -0.4 is 5.73 Å². The maximum atomic E-state index is 10.3. The van der Waals surface area contributed by atoms with Gasteiger partial charge in [-0.05, 0) is 36.4 Å². The van der Waals surface area contributed by atoms with Gasteiger partial charge < -0.3 is 15.7 Å². The van der Waals surface area contributed by atoms with Gasteiger partial charge in [0.05, 0.1) is 6.10 Å². The highest BCUT2D eigenvalue weighted by Gasteiger charge is 2.21. The van der Waals surface area contributed by atoms with Crippen molar-refractivity contribution in [1.29, 1.82) is 0 Å². The van der Waals surface area contributed by atoms with E-state index in [0.29, 0.717) is 6.54 Å². The Balaban J connectivity index is 1.90. The molecule has 0 amide bonds. The molecule has 1 fully saturated rings. The van der Waals surface area contributed by atoms with E-state index in [1.165, 1.54) is 19.3 Å². The first-order valence-corrected chi connectivity index (χ1v) is 7.42. The second kappa shape index (κ2) is 7.04. The Labute approximate surface area is 116 Å². The summed E-state index contributed by atoms with van der Waals surface area (Å²) in [5, 5.41) is 10.3. The van der Waals surface area contributed by atoms with Gasteiger partial charge in [0.1, 0.15) is 0 Å². The van der Waals surface area contributed by atoms with Crippen LogP contribution in [-0.2, 0) is 6.54 Å². The second-order valence-electron chi connectivity index (χ2n) is 5.64. The highest BCUT2D eigenvalue weighted by atomic mass is 16.3. The lowest BCUT2D eigenvalue weighted by molar-refractivity contribution is 0.0836. The summed E-state index contributed by atoms with van der Waals surface area (Å²) in [7, 11) is 0. The third-order valence-electron chi connectivity index (χ3n) is 4.21. The number of hydrogen-bond acceptors (Lipinski definition) is 3. The molecule has 106 valence electrons. The largest absolute Gasteiger partial charge is 0.387 e. The summed E-state index contributed by atoms with van der Waals surface area (Å²) in [5.74, 6) is 0.806. The first-order valence-electron chi connectivity index (χ1n) is 7.42. The molecule has 19 heavy (non-hydrogen) atoms. The van der Waals surface area contributed by atoms with Gasteiger partial charge in [0.15, 0.2) is 0 Å². The van der Waals surface area contributed by atoms with Gasteiger partial charge in [0, 0.05) is 19.6 Å². The van der Waals surface area contributed by atoms with Crippen molar-refractivity contribution in [1.82, 2.24) is 4.90 Å². The molecule has 0 spiro atoms. The van der Waals surface area contributed by atoms with E-state index < -0.39 is 0 Å². The first-order chi connectivity index (χ1) is 9.22. The lowest BCUT2D eigenvalue weighted by atomic mass is 9.95. The van der Waals surface area contributed by atoms with Crippen LogP contribution in [0.4, 0.5) is 0 Å². The fraction of sp³-hybridized carbons (Fsp3) is 0.625. The Morgan fingerprint density at radius 1 is 1.37 bits per heavy atom. The molecule has 1 saturated heterocycles. The summed E-state index contributed by atoms with van der Waals surface area (Å²) < 4.78 is 0. The number of hydrogen-bond donors (Lipinski definition) is 2. The SMILES string of the molecule is CCC1CCCN(CC(O)c2ccc(CN)cc2)C1. The molecule has 0 radical (unpaired) electrons. The number of nitrogens with two attached hydrogens (primary N) is 1. The highest BCUT2D eigenvalue weighted by molar-refractivity contribution is 5.24. The number of benzene rings is 1. The van der Waals surface area contributed by atoms with E-state index in [0.717, 1.165) is 36.7 Å². The van der Waals surface area contributed by atoms with Gasteiger partial charge in [-0.2, -0.15) is 0 Å². The minimum atomic E-state index is -0.387. The molecule has 3 nitrogen and oxygen atoms in total. The Morgan fingerprint density at radius 3 is 2.74 bits per heavy atom. The molecule has 1 aliphatic heterocycles. The zero-order valence-corrected chi connectivity index (χ0v) is 11.9. The number of β-amino-alcohol motifs (C(OH)–C–C–N with tert-alkyl or cyclic N) is 1. The summed E-state index contributed by atoms with van der Waals surface area (Å²) in [6, 6.07) is 8.00. The summed E-state index contributed by atoms with van der Waals surface area (Å²) in [6.45, 7) is 5.82. The lowest BCUT2D eigenvalue weighted by Gasteiger charge is -2.33. The summed E-state index contributed by atoms with van der Waals surface area (Å²) >= 11 is 0. The highest BCUT2D eigenvalue weighted by Crippen LogP contribution is 2.22. The third-order valence-corrected chi connectivity index (χ3v) is 4.21. The smallest absolute Gasteiger partial charge is 0.0916 e. The van der Waals surface area contributed by atoms with Gasteiger partial charge in [-0.3, -0.25) is 0 Å². The van der Waals surface area contributed by atoms with Crippen LogP contribution in [0.5, 0.6) is 0 Å². The Bertz CT molecular complexity index is 377. The molecule has 1 aromatic rings. The van der Waals surface area contributed by atoms with Crippen molar-refractivity contribution in [3.8, 4) is 0 Å². The third kappa shape index (κ3) is 4.03. The molecule has 0 bridgehead atoms. The Morgan fingerprint density at radius 2 is 2.11 bits per heavy atom. The molecule has 2 atom stereocenters. The van der Waals surface area contributed by atoms with Gasteiger partial charge in [0.25, 0.3) is 0 Å². The molecule has 1 aliphatic rings. The molecule has 1 heterocycles. The van der Waals surface area contributed by atoms with Crippen molar-refractivity contribution in [3.05, 3.63) is 35.4 Å². The first kappa shape index (κ1) is 14.5. The molecule has 3 N–H and O–H groups in total. The monoisotopic (exact) mass is 262 g/mol. The van der Waals surface area contributed by atoms with Gasteiger partial charge >= 0.3 is 0 Å². The van der Waals surface area contributed by atoms with E-state index in [2.05, 4.69) is 11.8 Å². The quantitative estimate of drug-likeness (QED) is 0.856. The number of piperidine rings is 1. The minimum Gasteiger partial charge on any atom is -0.387 e. The van der Waals surface area contributed by atoms with Crippen molar-refractivity contribution in [2.24, 2.45) is 11.7 Å². The fourth-order valence-corrected chi connectivity index (χ4v) is 2.88. The average molecular weight is 262 g/mol. The summed E-state index contributed by atoms with van der Waals surface area (Å²) in [5.41, 5.74) is 7.69. The number of likely N-dealkylation sites (tertiary alicyclic amines) is 1. The molecule has 2 unspecified atom stereocenters. The second-order valence-corrected chi connectivity index (χ2v) is 5.64. The number of nitrogens with zero attached hydrogens (tertiary/aromatic N) is 1. The van der Waals surface area contributed by atoms with Crippen LogP contribution in [-0.4, -0.2) is 29.6 Å². The zero-order valence-electron chi connectivity index (χ0n) is 11.9. The van der Waals surface area contributed by atoms with E-state index in [1.54, 1.807) is 0 Å². The maximum Gasteiger partial charge on any atom is 0.0916 e. The van der Waals surface area contributed by atoms with E-state index in [-0.39, 0.29) is 6.10 Å². The van der Waals surface area contributed by atoms with Gasteiger partial charge in [-0.1, -0.05) is 37.6 Å². The number of aliphatic hydroxyl groups excluding tert-OH is 1. The van der Waals surface area contributed by atoms with Crippen LogP contribution in [0.1, 0.15) is 43.4 Å². The van der Waals surface area contributed by atoms with Gasteiger partial charge in [-0.25, -0.2) is 0 Å². The molecular weight excluding hydrogens is 236 g/mol. The van der Waals surface area contributed by atoms with E-state index in [9.17, 15) is 5.11 Å². The molecule has 3 heteroatoms. The summed E-state index contributed by atoms with van der Waals surface area (Å²) in [4.78, 5) is 2.40. The van der Waals surface area contributed by atoms with Crippen LogP contribution in [0.3, 0.4) is 0 Å². The molecule has 2 rings (SSSR count). The minimum absolute atomic E-state index is 0.387. The predicted octanol–water partition coefficient (Wildman–Crippen LogP) is 2.30. The lowest BCUT2D eigenvalue weighted by Crippen LogP contribution is -2.37. The zero-order chi connectivity index (χ0) is 13.7. The number of aliphatic hydroxyl groups is 1. The standard InChI is InChI=1S/C16H26N2O/c1-2-13-4-3-9-18(11-13)12-16(19)15-7-5-14(10-17)6-8-15/h5-8,13,16,19H,2-4,9-12,17H2,1H3. The summed E-state index contributed by atoms with van der Waals surface area (Å²) in [6.07, 6.45) is 3.46. The average Bonchev–Trinajstić information content (AvgIpc) is 2.47. The van der Waals surface area contributed by atoms with Crippen LogP contribution in [0.25, 0.3) is 0 Å². The van der Waals surface area contributed by atoms with Crippen LogP contribution in [0.15, 0.2) is 24.3 Å². The normalized spacial score (nSPS) is 22.4. The van der Waals surface area contributed by atoms with Crippen LogP contribution in [0.2, 0.25) is 0 Å². The maximum absolute atomic E-state index is 10.3. The molecule has 1 aromatic carbocycles. The molecule has 0 aliphatic carbocycles. The van der Waals surface area contributed by atoms with Crippen molar-refractivity contribution in [2.75, 3.05) is 19.6 Å². The van der Waals surface area contributed by atoms with E-state index >= 15 is 0 Å². The molecule has 0 aromatic heterocycles. The Hall–Kier alpha value is -0.900.